The van der Waals surface area contributed by atoms with E-state index < -0.39 is 33.6 Å². The number of benzene rings is 1. The van der Waals surface area contributed by atoms with E-state index in [0.29, 0.717) is 25.7 Å². The second kappa shape index (κ2) is 10.2. The van der Waals surface area contributed by atoms with Crippen molar-refractivity contribution in [2.45, 2.75) is 74.4 Å². The summed E-state index contributed by atoms with van der Waals surface area (Å²) in [6.45, 7) is 2.23. The molecule has 2 atom stereocenters. The van der Waals surface area contributed by atoms with Crippen LogP contribution in [-0.2, 0) is 25.2 Å². The minimum absolute atomic E-state index is 0.171. The average Bonchev–Trinajstić information content (AvgIpc) is 3.65. The Morgan fingerprint density at radius 1 is 1.15 bits per heavy atom. The second-order valence-electron chi connectivity index (χ2n) is 9.10. The van der Waals surface area contributed by atoms with Gasteiger partial charge in [-0.05, 0) is 55.9 Å². The molecule has 2 N–H and O–H groups in total. The Morgan fingerprint density at radius 2 is 1.91 bits per heavy atom. The number of sulfonamides is 1. The lowest BCUT2D eigenvalue weighted by Crippen LogP contribution is -2.56. The molecule has 1 aromatic carbocycles. The van der Waals surface area contributed by atoms with Crippen LogP contribution in [0.3, 0.4) is 0 Å². The molecule has 4 rings (SSSR count). The average molecular weight is 485 g/mol. The van der Waals surface area contributed by atoms with Gasteiger partial charge in [0.25, 0.3) is 0 Å². The zero-order valence-corrected chi connectivity index (χ0v) is 20.3. The highest BCUT2D eigenvalue weighted by atomic mass is 32.2. The highest BCUT2D eigenvalue weighted by Crippen LogP contribution is 2.45. The number of carbonyl (C=O) groups excluding carboxylic acids is 2. The van der Waals surface area contributed by atoms with Crippen LogP contribution in [0.4, 0.5) is 0 Å². The molecule has 0 bridgehead atoms. The quantitative estimate of drug-likeness (QED) is 0.569. The number of hydrogen-bond donors (Lipinski definition) is 2. The molecule has 2 aromatic rings. The van der Waals surface area contributed by atoms with Crippen molar-refractivity contribution in [3.05, 3.63) is 60.4 Å². The number of piperidine rings is 1. The van der Waals surface area contributed by atoms with Gasteiger partial charge in [0.05, 0.1) is 10.4 Å². The number of hydrogen-bond acceptors (Lipinski definition) is 5. The molecule has 1 saturated heterocycles. The monoisotopic (exact) mass is 484 g/mol. The Balaban J connectivity index is 1.48. The van der Waals surface area contributed by atoms with Gasteiger partial charge in [0.15, 0.2) is 0 Å². The van der Waals surface area contributed by atoms with E-state index in [-0.39, 0.29) is 17.3 Å². The standard InChI is InChI=1S/C25H32N4O4S/c1-2-9-21(23(30)28-25(14-15-25)19-10-8-16-26-18-19)27-24(31)22-13-6-7-17-29(22)34(32,33)20-11-4-3-5-12-20/h3-5,8,10-12,16,18,21-22H,2,6-7,9,13-15,17H2,1H3,(H,27,31)(H,28,30). The van der Waals surface area contributed by atoms with E-state index in [1.54, 1.807) is 42.7 Å². The fraction of sp³-hybridized carbons (Fsp3) is 0.480. The largest absolute Gasteiger partial charge is 0.345 e. The van der Waals surface area contributed by atoms with E-state index in [4.69, 9.17) is 0 Å². The maximum Gasteiger partial charge on any atom is 0.243 e. The molecule has 9 heteroatoms. The maximum atomic E-state index is 13.3. The van der Waals surface area contributed by atoms with Crippen LogP contribution in [0.25, 0.3) is 0 Å². The molecule has 34 heavy (non-hydrogen) atoms. The summed E-state index contributed by atoms with van der Waals surface area (Å²) in [5, 5.41) is 5.99. The van der Waals surface area contributed by atoms with Gasteiger partial charge in [0, 0.05) is 18.9 Å². The second-order valence-corrected chi connectivity index (χ2v) is 11.0. The summed E-state index contributed by atoms with van der Waals surface area (Å²) in [4.78, 5) is 30.9. The molecule has 1 aromatic heterocycles. The molecule has 2 fully saturated rings. The lowest BCUT2D eigenvalue weighted by molar-refractivity contribution is -0.132. The minimum Gasteiger partial charge on any atom is -0.345 e. The Labute approximate surface area is 201 Å². The smallest absolute Gasteiger partial charge is 0.243 e. The summed E-state index contributed by atoms with van der Waals surface area (Å²) in [6.07, 6.45) is 8.16. The van der Waals surface area contributed by atoms with Gasteiger partial charge < -0.3 is 10.6 Å². The molecule has 1 saturated carbocycles. The van der Waals surface area contributed by atoms with Gasteiger partial charge in [-0.3, -0.25) is 14.6 Å². The van der Waals surface area contributed by atoms with Crippen molar-refractivity contribution in [1.29, 1.82) is 0 Å². The van der Waals surface area contributed by atoms with Crippen LogP contribution in [0, 0.1) is 0 Å². The normalized spacial score (nSPS) is 20.8. The molecule has 2 unspecified atom stereocenters. The van der Waals surface area contributed by atoms with Gasteiger partial charge in [0.2, 0.25) is 21.8 Å². The van der Waals surface area contributed by atoms with Crippen LogP contribution in [0.5, 0.6) is 0 Å². The number of aromatic nitrogens is 1. The predicted molar refractivity (Wildman–Crippen MR) is 128 cm³/mol. The van der Waals surface area contributed by atoms with Gasteiger partial charge in [-0.1, -0.05) is 44.0 Å². The lowest BCUT2D eigenvalue weighted by atomic mass is 10.0. The van der Waals surface area contributed by atoms with Crippen molar-refractivity contribution in [3.8, 4) is 0 Å². The number of nitrogens with one attached hydrogen (secondary N) is 2. The van der Waals surface area contributed by atoms with Crippen LogP contribution < -0.4 is 10.6 Å². The van der Waals surface area contributed by atoms with Crippen LogP contribution in [0.1, 0.15) is 57.4 Å². The van der Waals surface area contributed by atoms with Crippen molar-refractivity contribution in [2.24, 2.45) is 0 Å². The Bertz CT molecular complexity index is 1100. The summed E-state index contributed by atoms with van der Waals surface area (Å²) in [6, 6.07) is 10.4. The lowest BCUT2D eigenvalue weighted by Gasteiger charge is -2.34. The van der Waals surface area contributed by atoms with Gasteiger partial charge in [-0.15, -0.1) is 0 Å². The minimum atomic E-state index is -3.81. The third kappa shape index (κ3) is 5.15. The molecular weight excluding hydrogens is 452 g/mol. The number of carbonyl (C=O) groups is 2. The van der Waals surface area contributed by atoms with E-state index in [9.17, 15) is 18.0 Å². The molecular formula is C25H32N4O4S. The van der Waals surface area contributed by atoms with Gasteiger partial charge in [0.1, 0.15) is 12.1 Å². The first-order valence-electron chi connectivity index (χ1n) is 12.0. The number of rotatable bonds is 9. The van der Waals surface area contributed by atoms with E-state index in [1.165, 1.54) is 4.31 Å². The molecule has 2 amide bonds. The Morgan fingerprint density at radius 3 is 2.56 bits per heavy atom. The van der Waals surface area contributed by atoms with E-state index in [1.807, 2.05) is 19.1 Å². The summed E-state index contributed by atoms with van der Waals surface area (Å²) < 4.78 is 27.8. The van der Waals surface area contributed by atoms with Crippen LogP contribution >= 0.6 is 0 Å². The highest BCUT2D eigenvalue weighted by Gasteiger charge is 2.47. The molecule has 2 heterocycles. The molecule has 1 aliphatic carbocycles. The topological polar surface area (TPSA) is 108 Å². The molecule has 182 valence electrons. The molecule has 2 aliphatic rings. The number of nitrogens with zero attached hydrogens (tertiary/aromatic N) is 2. The number of pyridine rings is 1. The molecule has 0 spiro atoms. The van der Waals surface area contributed by atoms with Gasteiger partial charge in [-0.25, -0.2) is 8.42 Å². The summed E-state index contributed by atoms with van der Waals surface area (Å²) in [5.41, 5.74) is 0.521. The highest BCUT2D eigenvalue weighted by molar-refractivity contribution is 7.89. The summed E-state index contributed by atoms with van der Waals surface area (Å²) in [5.74, 6) is -0.663. The van der Waals surface area contributed by atoms with E-state index in [0.717, 1.165) is 24.8 Å². The fourth-order valence-corrected chi connectivity index (χ4v) is 6.27. The Kier molecular flexibility index (Phi) is 7.33. The first-order chi connectivity index (χ1) is 16.4. The zero-order chi connectivity index (χ0) is 24.2. The SMILES string of the molecule is CCCC(NC(=O)C1CCCCN1S(=O)(=O)c1ccccc1)C(=O)NC1(c2cccnc2)CC1. The third-order valence-corrected chi connectivity index (χ3v) is 8.57. The van der Waals surface area contributed by atoms with Crippen molar-refractivity contribution in [3.63, 3.8) is 0 Å². The molecule has 1 aliphatic heterocycles. The maximum absolute atomic E-state index is 13.3. The van der Waals surface area contributed by atoms with Crippen LogP contribution in [0.2, 0.25) is 0 Å². The van der Waals surface area contributed by atoms with Gasteiger partial charge >= 0.3 is 0 Å². The first kappa shape index (κ1) is 24.3. The van der Waals surface area contributed by atoms with Crippen molar-refractivity contribution in [1.82, 2.24) is 19.9 Å². The zero-order valence-electron chi connectivity index (χ0n) is 19.4. The summed E-state index contributed by atoms with van der Waals surface area (Å²) in [7, 11) is -3.81. The van der Waals surface area contributed by atoms with E-state index >= 15 is 0 Å². The first-order valence-corrected chi connectivity index (χ1v) is 13.4. The summed E-state index contributed by atoms with van der Waals surface area (Å²) >= 11 is 0. The van der Waals surface area contributed by atoms with Crippen LogP contribution in [0.15, 0.2) is 59.8 Å². The Hall–Kier alpha value is -2.78. The fourth-order valence-electron chi connectivity index (χ4n) is 4.59. The molecule has 8 nitrogen and oxygen atoms in total. The van der Waals surface area contributed by atoms with Crippen molar-refractivity contribution < 1.29 is 18.0 Å². The van der Waals surface area contributed by atoms with Gasteiger partial charge in [-0.2, -0.15) is 4.31 Å². The molecule has 0 radical (unpaired) electrons. The van der Waals surface area contributed by atoms with Crippen molar-refractivity contribution >= 4 is 21.8 Å². The predicted octanol–water partition coefficient (Wildman–Crippen LogP) is 2.72. The number of amides is 2. The van der Waals surface area contributed by atoms with Crippen LogP contribution in [-0.4, -0.2) is 48.1 Å². The van der Waals surface area contributed by atoms with E-state index in [2.05, 4.69) is 15.6 Å². The third-order valence-electron chi connectivity index (χ3n) is 6.64. The van der Waals surface area contributed by atoms with Crippen molar-refractivity contribution in [2.75, 3.05) is 6.54 Å².